The first-order valence-electron chi connectivity index (χ1n) is 8.11. The largest absolute Gasteiger partial charge is 0.449 e. The molecule has 1 N–H and O–H groups in total. The lowest BCUT2D eigenvalue weighted by Crippen LogP contribution is -2.20. The van der Waals surface area contributed by atoms with Crippen LogP contribution in [0.1, 0.15) is 33.3 Å². The van der Waals surface area contributed by atoms with E-state index in [4.69, 9.17) is 4.74 Å². The lowest BCUT2D eigenvalue weighted by molar-refractivity contribution is 0.0453. The summed E-state index contributed by atoms with van der Waals surface area (Å²) in [5.41, 5.74) is 2.89. The molecule has 1 atom stereocenters. The number of H-pyrrole nitrogens is 1. The van der Waals surface area contributed by atoms with Crippen LogP contribution in [0.25, 0.3) is 15.3 Å². The molecule has 1 unspecified atom stereocenters. The molecule has 0 fully saturated rings. The zero-order chi connectivity index (χ0) is 17.8. The van der Waals surface area contributed by atoms with Gasteiger partial charge in [0, 0.05) is 11.3 Å². The van der Waals surface area contributed by atoms with Crippen LogP contribution in [0.3, 0.4) is 0 Å². The molecule has 6 nitrogen and oxygen atoms in total. The van der Waals surface area contributed by atoms with Crippen molar-refractivity contribution >= 4 is 27.5 Å². The van der Waals surface area contributed by atoms with E-state index in [0.29, 0.717) is 27.5 Å². The first-order chi connectivity index (χ1) is 12.6. The van der Waals surface area contributed by atoms with Crippen LogP contribution in [0, 0.1) is 6.92 Å². The van der Waals surface area contributed by atoms with Crippen molar-refractivity contribution in [3.63, 3.8) is 0 Å². The molecule has 1 aliphatic heterocycles. The second-order valence-electron chi connectivity index (χ2n) is 6.13. The van der Waals surface area contributed by atoms with E-state index < -0.39 is 12.1 Å². The number of nitrogens with zero attached hydrogens (tertiary/aromatic N) is 2. The number of fused-ring (bicyclic) bond motifs is 2. The van der Waals surface area contributed by atoms with E-state index >= 15 is 0 Å². The molecular weight excluding hydrogens is 350 g/mol. The van der Waals surface area contributed by atoms with Gasteiger partial charge in [0.15, 0.2) is 6.10 Å². The average Bonchev–Trinajstić information content (AvgIpc) is 3.29. The quantitative estimate of drug-likeness (QED) is 0.554. The van der Waals surface area contributed by atoms with Gasteiger partial charge in [-0.3, -0.25) is 9.89 Å². The second-order valence-corrected chi connectivity index (χ2v) is 7.14. The number of para-hydroxylation sites is 1. The molecule has 4 aromatic rings. The normalized spacial score (nSPS) is 16.0. The minimum Gasteiger partial charge on any atom is -0.449 e. The first-order valence-corrected chi connectivity index (χ1v) is 8.92. The number of esters is 1. The number of benzene rings is 2. The molecule has 5 rings (SSSR count). The second kappa shape index (κ2) is 5.40. The van der Waals surface area contributed by atoms with Gasteiger partial charge in [-0.1, -0.05) is 41.7 Å². The van der Waals surface area contributed by atoms with Gasteiger partial charge in [0.1, 0.15) is 0 Å². The molecule has 0 radical (unpaired) electrons. The fourth-order valence-corrected chi connectivity index (χ4v) is 4.24. The third-order valence-corrected chi connectivity index (χ3v) is 5.56. The summed E-state index contributed by atoms with van der Waals surface area (Å²) >= 11 is 1.43. The number of carbonyl (C=O) groups excluding carboxylic acids is 1. The summed E-state index contributed by atoms with van der Waals surface area (Å²) < 4.78 is 7.92. The minimum absolute atomic E-state index is 0.254. The van der Waals surface area contributed by atoms with Crippen molar-refractivity contribution in [3.8, 4) is 5.13 Å². The molecule has 7 heteroatoms. The van der Waals surface area contributed by atoms with Gasteiger partial charge in [0.25, 0.3) is 5.56 Å². The van der Waals surface area contributed by atoms with Gasteiger partial charge >= 0.3 is 5.97 Å². The molecule has 2 aromatic heterocycles. The summed E-state index contributed by atoms with van der Waals surface area (Å²) in [4.78, 5) is 29.7. The minimum atomic E-state index is -0.696. The number of rotatable bonds is 2. The van der Waals surface area contributed by atoms with Gasteiger partial charge < -0.3 is 4.74 Å². The van der Waals surface area contributed by atoms with E-state index in [1.807, 2.05) is 36.4 Å². The van der Waals surface area contributed by atoms with Gasteiger partial charge in [-0.25, -0.2) is 9.78 Å². The highest BCUT2D eigenvalue weighted by Crippen LogP contribution is 2.35. The van der Waals surface area contributed by atoms with Crippen molar-refractivity contribution in [2.75, 3.05) is 0 Å². The number of ether oxygens (including phenoxy) is 1. The molecule has 128 valence electrons. The summed E-state index contributed by atoms with van der Waals surface area (Å²) in [6, 6.07) is 14.9. The molecule has 0 bridgehead atoms. The Hall–Kier alpha value is -3.19. The highest BCUT2D eigenvalue weighted by molar-refractivity contribution is 7.20. The smallest absolute Gasteiger partial charge is 0.339 e. The van der Waals surface area contributed by atoms with Crippen LogP contribution in [-0.4, -0.2) is 20.7 Å². The number of hydrogen-bond acceptors (Lipinski definition) is 5. The molecule has 0 saturated carbocycles. The number of aromatic amines is 1. The van der Waals surface area contributed by atoms with Gasteiger partial charge in [0.05, 0.1) is 21.3 Å². The topological polar surface area (TPSA) is 77.0 Å². The van der Waals surface area contributed by atoms with E-state index in [2.05, 4.69) is 10.1 Å². The van der Waals surface area contributed by atoms with Crippen LogP contribution in [0.2, 0.25) is 0 Å². The summed E-state index contributed by atoms with van der Waals surface area (Å²) in [5, 5.41) is 3.63. The monoisotopic (exact) mass is 363 g/mol. The number of carbonyl (C=O) groups is 1. The number of aromatic nitrogens is 3. The zero-order valence-corrected chi connectivity index (χ0v) is 14.5. The van der Waals surface area contributed by atoms with Crippen molar-refractivity contribution in [2.45, 2.75) is 13.0 Å². The lowest BCUT2D eigenvalue weighted by atomic mass is 10.00. The van der Waals surface area contributed by atoms with Crippen LogP contribution in [0.15, 0.2) is 53.3 Å². The first kappa shape index (κ1) is 15.1. The Morgan fingerprint density at radius 2 is 1.88 bits per heavy atom. The third-order valence-electron chi connectivity index (χ3n) is 4.54. The molecule has 1 aliphatic rings. The molecule has 0 aliphatic carbocycles. The summed E-state index contributed by atoms with van der Waals surface area (Å²) in [6.45, 7) is 1.80. The number of thiazole rings is 1. The molecule has 0 saturated heterocycles. The fraction of sp³-hybridized carbons (Fsp3) is 0.105. The molecule has 2 aromatic carbocycles. The summed E-state index contributed by atoms with van der Waals surface area (Å²) in [6.07, 6.45) is -0.696. The maximum Gasteiger partial charge on any atom is 0.339 e. The van der Waals surface area contributed by atoms with Crippen LogP contribution in [0.4, 0.5) is 0 Å². The predicted octanol–water partition coefficient (Wildman–Crippen LogP) is 3.34. The van der Waals surface area contributed by atoms with Gasteiger partial charge in [0.2, 0.25) is 5.13 Å². The predicted molar refractivity (Wildman–Crippen MR) is 98.0 cm³/mol. The lowest BCUT2D eigenvalue weighted by Gasteiger charge is -2.08. The molecule has 3 heterocycles. The molecular formula is C19H13N3O3S. The Morgan fingerprint density at radius 3 is 2.73 bits per heavy atom. The summed E-state index contributed by atoms with van der Waals surface area (Å²) in [7, 11) is 0. The van der Waals surface area contributed by atoms with E-state index in [1.165, 1.54) is 16.0 Å². The number of cyclic esters (lactones) is 1. The molecule has 26 heavy (non-hydrogen) atoms. The van der Waals surface area contributed by atoms with E-state index in [9.17, 15) is 9.59 Å². The van der Waals surface area contributed by atoms with E-state index in [-0.39, 0.29) is 5.56 Å². The number of hydrogen-bond donors (Lipinski definition) is 1. The Kier molecular flexibility index (Phi) is 3.14. The highest BCUT2D eigenvalue weighted by atomic mass is 32.1. The Morgan fingerprint density at radius 1 is 1.12 bits per heavy atom. The number of nitrogens with one attached hydrogen (secondary N) is 1. The Bertz CT molecular complexity index is 1200. The standard InChI is InChI=1S/C19H13N3O3S/c1-10-15(16-11-6-2-3-7-12(11)18(24)25-16)17(23)22(21-10)19-20-13-8-4-5-9-14(13)26-19/h2-9,16,21H,1H3. The Labute approximate surface area is 151 Å². The van der Waals surface area contributed by atoms with Crippen molar-refractivity contribution < 1.29 is 9.53 Å². The van der Waals surface area contributed by atoms with Crippen molar-refractivity contribution in [2.24, 2.45) is 0 Å². The van der Waals surface area contributed by atoms with Crippen molar-refractivity contribution in [1.82, 2.24) is 14.8 Å². The van der Waals surface area contributed by atoms with E-state index in [1.54, 1.807) is 19.1 Å². The van der Waals surface area contributed by atoms with Gasteiger partial charge in [-0.2, -0.15) is 4.68 Å². The highest BCUT2D eigenvalue weighted by Gasteiger charge is 2.36. The maximum absolute atomic E-state index is 13.1. The maximum atomic E-state index is 13.1. The third kappa shape index (κ3) is 2.07. The average molecular weight is 363 g/mol. The molecule has 0 amide bonds. The fourth-order valence-electron chi connectivity index (χ4n) is 3.32. The van der Waals surface area contributed by atoms with Gasteiger partial charge in [-0.05, 0) is 25.1 Å². The van der Waals surface area contributed by atoms with E-state index in [0.717, 1.165) is 10.2 Å². The summed E-state index contributed by atoms with van der Waals surface area (Å²) in [5.74, 6) is -0.405. The number of aryl methyl sites for hydroxylation is 1. The SMILES string of the molecule is Cc1[nH]n(-c2nc3ccccc3s2)c(=O)c1C1OC(=O)c2ccccc21. The van der Waals surface area contributed by atoms with Crippen LogP contribution < -0.4 is 5.56 Å². The molecule has 0 spiro atoms. The van der Waals surface area contributed by atoms with Crippen molar-refractivity contribution in [1.29, 1.82) is 0 Å². The zero-order valence-electron chi connectivity index (χ0n) is 13.7. The van der Waals surface area contributed by atoms with Crippen molar-refractivity contribution in [3.05, 3.63) is 81.3 Å². The Balaban J connectivity index is 1.67. The van der Waals surface area contributed by atoms with Crippen LogP contribution in [0.5, 0.6) is 0 Å². The van der Waals surface area contributed by atoms with Crippen LogP contribution >= 0.6 is 11.3 Å². The van der Waals surface area contributed by atoms with Crippen LogP contribution in [-0.2, 0) is 4.74 Å². The van der Waals surface area contributed by atoms with Gasteiger partial charge in [-0.15, -0.1) is 0 Å².